The van der Waals surface area contributed by atoms with Gasteiger partial charge in [-0.05, 0) is 73.6 Å². The Morgan fingerprint density at radius 3 is 2.21 bits per heavy atom. The Balaban J connectivity index is 1.65. The zero-order valence-electron chi connectivity index (χ0n) is 19.8. The number of halogens is 2. The van der Waals surface area contributed by atoms with Crippen LogP contribution in [0.25, 0.3) is 5.70 Å². The zero-order valence-corrected chi connectivity index (χ0v) is 19.8. The Morgan fingerprint density at radius 1 is 1.09 bits per heavy atom. The molecule has 2 saturated heterocycles. The van der Waals surface area contributed by atoms with Crippen LogP contribution < -0.4 is 0 Å². The van der Waals surface area contributed by atoms with Crippen molar-refractivity contribution < 1.29 is 13.6 Å². The largest absolute Gasteiger partial charge is 0.336 e. The van der Waals surface area contributed by atoms with E-state index in [9.17, 15) is 13.6 Å². The SMILES string of the molecule is C=C/N=N\C(=C/C(=C)C1CC[C@](C)(C(=O)N2C3CCC2CC3)C1(C)C)c1c(F)cccc1F. The lowest BCUT2D eigenvalue weighted by Crippen LogP contribution is -2.50. The maximum atomic E-state index is 14.5. The fourth-order valence-electron chi connectivity index (χ4n) is 6.33. The van der Waals surface area contributed by atoms with Gasteiger partial charge in [-0.15, -0.1) is 0 Å². The van der Waals surface area contributed by atoms with Crippen LogP contribution in [0.5, 0.6) is 0 Å². The molecule has 1 aromatic rings. The molecule has 1 amide bonds. The molecular weight excluding hydrogens is 420 g/mol. The van der Waals surface area contributed by atoms with Crippen LogP contribution in [0.3, 0.4) is 0 Å². The number of hydrogen-bond acceptors (Lipinski definition) is 3. The highest BCUT2D eigenvalue weighted by molar-refractivity contribution is 5.85. The summed E-state index contributed by atoms with van der Waals surface area (Å²) in [7, 11) is 0. The van der Waals surface area contributed by atoms with E-state index in [2.05, 4.69) is 49.1 Å². The second kappa shape index (κ2) is 8.62. The van der Waals surface area contributed by atoms with E-state index in [-0.39, 0.29) is 28.5 Å². The number of fused-ring (bicyclic) bond motifs is 2. The third-order valence-electron chi connectivity index (χ3n) is 8.62. The van der Waals surface area contributed by atoms with E-state index >= 15 is 0 Å². The van der Waals surface area contributed by atoms with Gasteiger partial charge in [-0.3, -0.25) is 4.79 Å². The zero-order chi connectivity index (χ0) is 24.0. The number of hydrogen-bond donors (Lipinski definition) is 0. The third kappa shape index (κ3) is 3.77. The quantitative estimate of drug-likeness (QED) is 0.336. The Labute approximate surface area is 195 Å². The van der Waals surface area contributed by atoms with Gasteiger partial charge in [-0.25, -0.2) is 8.78 Å². The van der Waals surface area contributed by atoms with Gasteiger partial charge >= 0.3 is 0 Å². The standard InChI is InChI=1S/C27H33F2N3O/c1-6-30-31-23(24-21(28)8-7-9-22(24)29)16-17(2)20-14-15-27(5,26(20,3)4)25(33)32-18-10-11-19(32)13-12-18/h6-9,16,18-20H,1-2,10-15H2,3-5H3/b23-16-,31-30-/t18?,19?,20?,27-/m1/s1. The van der Waals surface area contributed by atoms with E-state index in [1.807, 2.05) is 0 Å². The van der Waals surface area contributed by atoms with Crippen molar-refractivity contribution in [2.45, 2.75) is 71.4 Å². The van der Waals surface area contributed by atoms with Crippen LogP contribution in [-0.4, -0.2) is 22.9 Å². The molecule has 0 aromatic heterocycles. The first-order valence-corrected chi connectivity index (χ1v) is 11.8. The summed E-state index contributed by atoms with van der Waals surface area (Å²) in [5, 5.41) is 7.77. The molecule has 4 nitrogen and oxygen atoms in total. The van der Waals surface area contributed by atoms with Gasteiger partial charge in [-0.1, -0.05) is 40.0 Å². The maximum Gasteiger partial charge on any atom is 0.229 e. The van der Waals surface area contributed by atoms with E-state index in [0.717, 1.165) is 38.5 Å². The van der Waals surface area contributed by atoms with Gasteiger partial charge in [0.25, 0.3) is 0 Å². The molecule has 0 N–H and O–H groups in total. The Morgan fingerprint density at radius 2 is 1.67 bits per heavy atom. The summed E-state index contributed by atoms with van der Waals surface area (Å²) in [5.74, 6) is -1.21. The van der Waals surface area contributed by atoms with E-state index < -0.39 is 17.0 Å². The summed E-state index contributed by atoms with van der Waals surface area (Å²) in [6.45, 7) is 14.1. The van der Waals surface area contributed by atoms with Crippen LogP contribution in [0.4, 0.5) is 8.78 Å². The highest BCUT2D eigenvalue weighted by Gasteiger charge is 2.59. The fraction of sp³-hybridized carbons (Fsp3) is 0.519. The monoisotopic (exact) mass is 453 g/mol. The summed E-state index contributed by atoms with van der Waals surface area (Å²) in [5.41, 5.74) is -0.391. The maximum absolute atomic E-state index is 14.5. The van der Waals surface area contributed by atoms with Crippen LogP contribution in [0.2, 0.25) is 0 Å². The number of carbonyl (C=O) groups excluding carboxylic acids is 1. The van der Waals surface area contributed by atoms with E-state index in [1.165, 1.54) is 24.4 Å². The average molecular weight is 454 g/mol. The smallest absolute Gasteiger partial charge is 0.229 e. The molecule has 1 aliphatic carbocycles. The van der Waals surface area contributed by atoms with Crippen LogP contribution in [-0.2, 0) is 4.79 Å². The van der Waals surface area contributed by atoms with Gasteiger partial charge < -0.3 is 4.90 Å². The van der Waals surface area contributed by atoms with Crippen LogP contribution in [0, 0.1) is 28.4 Å². The minimum atomic E-state index is -0.715. The molecule has 1 saturated carbocycles. The molecule has 3 fully saturated rings. The highest BCUT2D eigenvalue weighted by atomic mass is 19.1. The molecule has 2 bridgehead atoms. The molecular formula is C27H33F2N3O. The minimum Gasteiger partial charge on any atom is -0.336 e. The Hall–Kier alpha value is -2.63. The van der Waals surface area contributed by atoms with Crippen molar-refractivity contribution >= 4 is 11.6 Å². The summed E-state index contributed by atoms with van der Waals surface area (Å²) >= 11 is 0. The molecule has 1 unspecified atom stereocenters. The first-order chi connectivity index (χ1) is 15.6. The summed E-state index contributed by atoms with van der Waals surface area (Å²) < 4.78 is 29.0. The van der Waals surface area contributed by atoms with Crippen molar-refractivity contribution in [2.75, 3.05) is 0 Å². The predicted molar refractivity (Wildman–Crippen MR) is 126 cm³/mol. The molecule has 33 heavy (non-hydrogen) atoms. The Kier molecular flexibility index (Phi) is 6.14. The third-order valence-corrected chi connectivity index (χ3v) is 8.62. The minimum absolute atomic E-state index is 0.0320. The fourth-order valence-corrected chi connectivity index (χ4v) is 6.33. The Bertz CT molecular complexity index is 1000. The molecule has 0 spiro atoms. The van der Waals surface area contributed by atoms with Gasteiger partial charge in [0.1, 0.15) is 11.6 Å². The van der Waals surface area contributed by atoms with Crippen LogP contribution >= 0.6 is 0 Å². The normalized spacial score (nSPS) is 30.9. The van der Waals surface area contributed by atoms with Crippen molar-refractivity contribution in [3.8, 4) is 0 Å². The average Bonchev–Trinajstić information content (AvgIpc) is 3.43. The van der Waals surface area contributed by atoms with Gasteiger partial charge in [0.2, 0.25) is 5.91 Å². The van der Waals surface area contributed by atoms with Gasteiger partial charge in [0.15, 0.2) is 0 Å². The highest BCUT2D eigenvalue weighted by Crippen LogP contribution is 2.60. The van der Waals surface area contributed by atoms with E-state index in [4.69, 9.17) is 0 Å². The number of rotatable bonds is 6. The summed E-state index contributed by atoms with van der Waals surface area (Å²) in [6.07, 6.45) is 8.79. The molecule has 3 aliphatic rings. The van der Waals surface area contributed by atoms with Gasteiger partial charge in [0, 0.05) is 18.3 Å². The van der Waals surface area contributed by atoms with Crippen molar-refractivity contribution in [3.05, 3.63) is 66.4 Å². The van der Waals surface area contributed by atoms with Gasteiger partial charge in [-0.2, -0.15) is 10.2 Å². The molecule has 2 atom stereocenters. The number of allylic oxidation sites excluding steroid dienone is 2. The van der Waals surface area contributed by atoms with Crippen LogP contribution in [0.1, 0.15) is 64.9 Å². The second-order valence-corrected chi connectivity index (χ2v) is 10.4. The van der Waals surface area contributed by atoms with Crippen molar-refractivity contribution in [3.63, 3.8) is 0 Å². The van der Waals surface area contributed by atoms with Crippen molar-refractivity contribution in [2.24, 2.45) is 27.0 Å². The number of nitrogens with zero attached hydrogens (tertiary/aromatic N) is 3. The summed E-state index contributed by atoms with van der Waals surface area (Å²) in [6, 6.07) is 4.46. The number of benzene rings is 1. The van der Waals surface area contributed by atoms with Crippen molar-refractivity contribution in [1.82, 2.24) is 4.90 Å². The lowest BCUT2D eigenvalue weighted by Gasteiger charge is -2.44. The topological polar surface area (TPSA) is 45.0 Å². The van der Waals surface area contributed by atoms with Crippen LogP contribution in [0.15, 0.2) is 59.4 Å². The van der Waals surface area contributed by atoms with Crippen molar-refractivity contribution in [1.29, 1.82) is 0 Å². The molecule has 0 radical (unpaired) electrons. The van der Waals surface area contributed by atoms with Gasteiger partial charge in [0.05, 0.1) is 16.7 Å². The van der Waals surface area contributed by atoms with E-state index in [1.54, 1.807) is 6.08 Å². The lowest BCUT2D eigenvalue weighted by molar-refractivity contribution is -0.148. The first kappa shape index (κ1) is 23.5. The molecule has 2 heterocycles. The lowest BCUT2D eigenvalue weighted by atomic mass is 9.63. The first-order valence-electron chi connectivity index (χ1n) is 11.8. The molecule has 176 valence electrons. The predicted octanol–water partition coefficient (Wildman–Crippen LogP) is 7.05. The molecule has 4 rings (SSSR count). The number of carbonyl (C=O) groups is 1. The molecule has 1 aromatic carbocycles. The number of azo groups is 1. The molecule has 2 aliphatic heterocycles. The second-order valence-electron chi connectivity index (χ2n) is 10.4. The number of amides is 1. The summed E-state index contributed by atoms with van der Waals surface area (Å²) in [4.78, 5) is 16.0. The van der Waals surface area contributed by atoms with E-state index in [0.29, 0.717) is 17.7 Å². The molecule has 6 heteroatoms.